The fourth-order valence-corrected chi connectivity index (χ4v) is 4.29. The molecule has 2 heterocycles. The maximum atomic E-state index is 12.4. The summed E-state index contributed by atoms with van der Waals surface area (Å²) < 4.78 is 7.26. The second kappa shape index (κ2) is 6.98. The Balaban J connectivity index is 1.71. The lowest BCUT2D eigenvalue weighted by Crippen LogP contribution is -2.03. The Morgan fingerprint density at radius 1 is 1.15 bits per heavy atom. The molecule has 4 aromatic rings. The molecule has 0 fully saturated rings. The van der Waals surface area contributed by atoms with E-state index in [4.69, 9.17) is 4.42 Å². The van der Waals surface area contributed by atoms with Gasteiger partial charge in [0.1, 0.15) is 0 Å². The van der Waals surface area contributed by atoms with E-state index >= 15 is 0 Å². The molecule has 0 bridgehead atoms. The van der Waals surface area contributed by atoms with E-state index in [1.54, 1.807) is 0 Å². The van der Waals surface area contributed by atoms with Crippen molar-refractivity contribution < 1.29 is 4.42 Å². The largest absolute Gasteiger partial charge is 0.421 e. The highest BCUT2D eigenvalue weighted by molar-refractivity contribution is 9.11. The quantitative estimate of drug-likeness (QED) is 0.332. The Morgan fingerprint density at radius 2 is 2.00 bits per heavy atom. The van der Waals surface area contributed by atoms with Gasteiger partial charge < -0.3 is 9.73 Å². The van der Waals surface area contributed by atoms with Crippen molar-refractivity contribution in [1.29, 1.82) is 0 Å². The molecule has 7 heteroatoms. The highest BCUT2D eigenvalue weighted by Gasteiger charge is 2.13. The van der Waals surface area contributed by atoms with Gasteiger partial charge in [-0.2, -0.15) is 0 Å². The van der Waals surface area contributed by atoms with E-state index in [9.17, 15) is 4.79 Å². The molecule has 2 aromatic carbocycles. The van der Waals surface area contributed by atoms with Crippen molar-refractivity contribution >= 4 is 65.0 Å². The summed E-state index contributed by atoms with van der Waals surface area (Å²) in [7, 11) is 0. The van der Waals surface area contributed by atoms with Crippen molar-refractivity contribution in [2.75, 3.05) is 5.32 Å². The summed E-state index contributed by atoms with van der Waals surface area (Å²) in [5.41, 5.74) is 3.27. The molecule has 4 nitrogen and oxygen atoms in total. The topological polar surface area (TPSA) is 55.1 Å². The molecule has 26 heavy (non-hydrogen) atoms. The Morgan fingerprint density at radius 3 is 2.81 bits per heavy atom. The molecule has 0 saturated heterocycles. The molecule has 0 saturated carbocycles. The fourth-order valence-electron chi connectivity index (χ4n) is 2.62. The lowest BCUT2D eigenvalue weighted by molar-refractivity contribution is 0.561. The number of nitrogens with one attached hydrogen (secondary N) is 1. The number of benzene rings is 2. The molecule has 0 unspecified atom stereocenters. The third-order valence-corrected chi connectivity index (χ3v) is 5.80. The zero-order valence-corrected chi connectivity index (χ0v) is 17.5. The maximum absolute atomic E-state index is 12.4. The Bertz CT molecular complexity index is 1180. The van der Waals surface area contributed by atoms with Crippen LogP contribution >= 0.6 is 43.2 Å². The average Bonchev–Trinajstić information content (AvgIpc) is 3.06. The summed E-state index contributed by atoms with van der Waals surface area (Å²) in [5, 5.41) is 6.72. The number of fused-ring (bicyclic) bond motifs is 1. The summed E-state index contributed by atoms with van der Waals surface area (Å²) in [6, 6.07) is 13.5. The van der Waals surface area contributed by atoms with Crippen molar-refractivity contribution in [3.8, 4) is 11.3 Å². The van der Waals surface area contributed by atoms with E-state index in [-0.39, 0.29) is 0 Å². The molecule has 0 amide bonds. The molecule has 0 radical (unpaired) electrons. The van der Waals surface area contributed by atoms with E-state index in [1.807, 2.05) is 54.8 Å². The molecule has 1 N–H and O–H groups in total. The minimum Gasteiger partial charge on any atom is -0.421 e. The van der Waals surface area contributed by atoms with Gasteiger partial charge in [-0.1, -0.05) is 28.1 Å². The highest BCUT2D eigenvalue weighted by Crippen LogP contribution is 2.30. The third kappa shape index (κ3) is 3.34. The van der Waals surface area contributed by atoms with Crippen LogP contribution < -0.4 is 10.9 Å². The Kier molecular flexibility index (Phi) is 4.69. The van der Waals surface area contributed by atoms with Gasteiger partial charge in [-0.15, -0.1) is 11.3 Å². The standard InChI is InChI=1S/C19H12Br2N2O2S/c1-10-7-12(20)5-6-15(10)22-19-23-16(9-26-19)13-8-11-3-2-4-14(21)17(11)25-18(13)24/h2-9H,1H3,(H,22,23). The van der Waals surface area contributed by atoms with Crippen LogP contribution in [-0.2, 0) is 0 Å². The van der Waals surface area contributed by atoms with Crippen molar-refractivity contribution in [1.82, 2.24) is 4.98 Å². The lowest BCUT2D eigenvalue weighted by Gasteiger charge is -2.06. The van der Waals surface area contributed by atoms with Crippen LogP contribution in [0, 0.1) is 6.92 Å². The zero-order chi connectivity index (χ0) is 18.3. The first-order valence-corrected chi connectivity index (χ1v) is 10.2. The summed E-state index contributed by atoms with van der Waals surface area (Å²) in [6.45, 7) is 2.03. The maximum Gasteiger partial charge on any atom is 0.345 e. The monoisotopic (exact) mass is 490 g/mol. The van der Waals surface area contributed by atoms with Crippen molar-refractivity contribution in [3.63, 3.8) is 0 Å². The third-order valence-electron chi connectivity index (χ3n) is 3.92. The summed E-state index contributed by atoms with van der Waals surface area (Å²) in [4.78, 5) is 16.9. The molecule has 0 aliphatic carbocycles. The van der Waals surface area contributed by atoms with Crippen LogP contribution in [0.4, 0.5) is 10.8 Å². The van der Waals surface area contributed by atoms with E-state index in [0.29, 0.717) is 16.8 Å². The van der Waals surface area contributed by atoms with Gasteiger partial charge in [0, 0.05) is 20.9 Å². The minimum atomic E-state index is -0.402. The number of halogens is 2. The smallest absolute Gasteiger partial charge is 0.345 e. The highest BCUT2D eigenvalue weighted by atomic mass is 79.9. The molecule has 0 atom stereocenters. The van der Waals surface area contributed by atoms with Gasteiger partial charge in [-0.3, -0.25) is 0 Å². The number of nitrogens with zero attached hydrogens (tertiary/aromatic N) is 1. The molecule has 2 aromatic heterocycles. The predicted molar refractivity (Wildman–Crippen MR) is 113 cm³/mol. The van der Waals surface area contributed by atoms with Crippen LogP contribution in [0.15, 0.2) is 66.0 Å². The number of thiazole rings is 1. The first-order valence-electron chi connectivity index (χ1n) is 7.73. The minimum absolute atomic E-state index is 0.402. The number of rotatable bonds is 3. The second-order valence-corrected chi connectivity index (χ2v) is 8.36. The number of anilines is 2. The number of aromatic nitrogens is 1. The van der Waals surface area contributed by atoms with E-state index in [0.717, 1.165) is 30.7 Å². The van der Waals surface area contributed by atoms with Gasteiger partial charge in [-0.25, -0.2) is 9.78 Å². The summed E-state index contributed by atoms with van der Waals surface area (Å²) in [5.74, 6) is 0. The van der Waals surface area contributed by atoms with Gasteiger partial charge in [0.15, 0.2) is 10.7 Å². The zero-order valence-electron chi connectivity index (χ0n) is 13.5. The van der Waals surface area contributed by atoms with Crippen LogP contribution in [0.5, 0.6) is 0 Å². The number of hydrogen-bond donors (Lipinski definition) is 1. The van der Waals surface area contributed by atoms with Crippen LogP contribution in [0.25, 0.3) is 22.2 Å². The van der Waals surface area contributed by atoms with Crippen molar-refractivity contribution in [2.24, 2.45) is 0 Å². The van der Waals surface area contributed by atoms with Gasteiger partial charge >= 0.3 is 5.63 Å². The van der Waals surface area contributed by atoms with Crippen LogP contribution in [0.1, 0.15) is 5.56 Å². The number of aryl methyl sites for hydroxylation is 1. The number of hydrogen-bond acceptors (Lipinski definition) is 5. The predicted octanol–water partition coefficient (Wildman–Crippen LogP) is 6.49. The molecular weight excluding hydrogens is 480 g/mol. The molecule has 130 valence electrons. The molecule has 0 aliphatic rings. The molecule has 0 spiro atoms. The van der Waals surface area contributed by atoms with Gasteiger partial charge in [-0.05, 0) is 58.7 Å². The summed E-state index contributed by atoms with van der Waals surface area (Å²) in [6.07, 6.45) is 0. The molecule has 0 aliphatic heterocycles. The average molecular weight is 492 g/mol. The Hall–Kier alpha value is -1.96. The van der Waals surface area contributed by atoms with E-state index in [2.05, 4.69) is 42.2 Å². The van der Waals surface area contributed by atoms with E-state index < -0.39 is 5.63 Å². The van der Waals surface area contributed by atoms with Gasteiger partial charge in [0.2, 0.25) is 0 Å². The first-order chi connectivity index (χ1) is 12.5. The fraction of sp³-hybridized carbons (Fsp3) is 0.0526. The molecule has 4 rings (SSSR count). The van der Waals surface area contributed by atoms with Gasteiger partial charge in [0.25, 0.3) is 0 Å². The van der Waals surface area contributed by atoms with Crippen molar-refractivity contribution in [2.45, 2.75) is 6.92 Å². The van der Waals surface area contributed by atoms with E-state index in [1.165, 1.54) is 11.3 Å². The normalized spacial score (nSPS) is 11.0. The SMILES string of the molecule is Cc1cc(Br)ccc1Nc1nc(-c2cc3cccc(Br)c3oc2=O)cs1. The second-order valence-electron chi connectivity index (χ2n) is 5.73. The Labute approximate surface area is 170 Å². The number of para-hydroxylation sites is 1. The summed E-state index contributed by atoms with van der Waals surface area (Å²) >= 11 is 8.31. The van der Waals surface area contributed by atoms with Crippen LogP contribution in [0.3, 0.4) is 0 Å². The van der Waals surface area contributed by atoms with Gasteiger partial charge in [0.05, 0.1) is 15.7 Å². The first kappa shape index (κ1) is 17.5. The van der Waals surface area contributed by atoms with Crippen molar-refractivity contribution in [3.05, 3.63) is 72.8 Å². The van der Waals surface area contributed by atoms with Crippen LogP contribution in [0.2, 0.25) is 0 Å². The van der Waals surface area contributed by atoms with Crippen LogP contribution in [-0.4, -0.2) is 4.98 Å². The molecular formula is C19H12Br2N2O2S. The lowest BCUT2D eigenvalue weighted by atomic mass is 10.1.